The summed E-state index contributed by atoms with van der Waals surface area (Å²) in [6, 6.07) is 8.29. The molecule has 0 saturated carbocycles. The molecule has 0 amide bonds. The Morgan fingerprint density at radius 3 is 2.50 bits per heavy atom. The van der Waals surface area contributed by atoms with Crippen LogP contribution in [-0.2, 0) is 5.41 Å². The fourth-order valence-corrected chi connectivity index (χ4v) is 2.18. The molecule has 0 aromatic heterocycles. The van der Waals surface area contributed by atoms with E-state index in [1.165, 1.54) is 12.0 Å². The fraction of sp³-hybridized carbons (Fsp3) is 0.500. The highest BCUT2D eigenvalue weighted by Crippen LogP contribution is 2.30. The van der Waals surface area contributed by atoms with Crippen LogP contribution < -0.4 is 5.73 Å². The van der Waals surface area contributed by atoms with Crippen LogP contribution in [0.15, 0.2) is 29.3 Å². The highest BCUT2D eigenvalue weighted by Gasteiger charge is 2.23. The van der Waals surface area contributed by atoms with Crippen LogP contribution >= 0.6 is 0 Å². The molecule has 2 heteroatoms. The van der Waals surface area contributed by atoms with Crippen LogP contribution in [0, 0.1) is 0 Å². The summed E-state index contributed by atoms with van der Waals surface area (Å²) in [6.07, 6.45) is 2.32. The molecule has 2 N–H and O–H groups in total. The van der Waals surface area contributed by atoms with Crippen LogP contribution in [0.25, 0.3) is 0 Å². The second-order valence-corrected chi connectivity index (χ2v) is 4.79. The van der Waals surface area contributed by atoms with Crippen LogP contribution in [0.5, 0.6) is 0 Å². The van der Waals surface area contributed by atoms with Gasteiger partial charge < -0.3 is 5.73 Å². The number of hydrogen-bond acceptors (Lipinski definition) is 1. The smallest absolute Gasteiger partial charge is 0.125 e. The molecule has 0 fully saturated rings. The van der Waals surface area contributed by atoms with Gasteiger partial charge in [0.25, 0.3) is 0 Å². The van der Waals surface area contributed by atoms with Gasteiger partial charge in [0.05, 0.1) is 0 Å². The molecular weight excluding hydrogens is 196 g/mol. The molecular formula is C14H22N2. The number of hydrogen-bond donors (Lipinski definition) is 1. The highest BCUT2D eigenvalue weighted by molar-refractivity contribution is 5.99. The van der Waals surface area contributed by atoms with Crippen molar-refractivity contribution in [1.82, 2.24) is 0 Å². The van der Waals surface area contributed by atoms with E-state index in [9.17, 15) is 0 Å². The number of amidine groups is 1. The van der Waals surface area contributed by atoms with Crippen LogP contribution in [0.1, 0.15) is 44.7 Å². The maximum atomic E-state index is 5.94. The van der Waals surface area contributed by atoms with E-state index in [2.05, 4.69) is 44.0 Å². The van der Waals surface area contributed by atoms with Crippen molar-refractivity contribution in [3.63, 3.8) is 0 Å². The van der Waals surface area contributed by atoms with E-state index in [1.807, 2.05) is 6.07 Å². The zero-order valence-electron chi connectivity index (χ0n) is 10.7. The Morgan fingerprint density at radius 1 is 1.31 bits per heavy atom. The first-order valence-corrected chi connectivity index (χ1v) is 5.85. The van der Waals surface area contributed by atoms with E-state index in [4.69, 9.17) is 5.73 Å². The van der Waals surface area contributed by atoms with E-state index in [0.29, 0.717) is 5.84 Å². The molecule has 0 heterocycles. The molecule has 2 nitrogen and oxygen atoms in total. The third kappa shape index (κ3) is 2.63. The van der Waals surface area contributed by atoms with Gasteiger partial charge in [0.1, 0.15) is 5.84 Å². The van der Waals surface area contributed by atoms with Gasteiger partial charge in [-0.3, -0.25) is 4.99 Å². The van der Waals surface area contributed by atoms with Gasteiger partial charge in [-0.15, -0.1) is 0 Å². The van der Waals surface area contributed by atoms with Crippen molar-refractivity contribution >= 4 is 5.84 Å². The molecule has 0 aliphatic carbocycles. The van der Waals surface area contributed by atoms with Crippen molar-refractivity contribution in [3.8, 4) is 0 Å². The quantitative estimate of drug-likeness (QED) is 0.612. The molecule has 1 rings (SSSR count). The van der Waals surface area contributed by atoms with E-state index in [1.54, 1.807) is 7.05 Å². The number of nitrogens with zero attached hydrogens (tertiary/aromatic N) is 1. The minimum atomic E-state index is 0.153. The minimum Gasteiger partial charge on any atom is -0.384 e. The number of aliphatic imine (C=N–C) groups is 1. The summed E-state index contributed by atoms with van der Waals surface area (Å²) in [4.78, 5) is 4.09. The Hall–Kier alpha value is -1.31. The molecule has 0 aliphatic heterocycles. The van der Waals surface area contributed by atoms with Gasteiger partial charge in [-0.2, -0.15) is 0 Å². The Kier molecular flexibility index (Phi) is 4.11. The second-order valence-electron chi connectivity index (χ2n) is 4.79. The topological polar surface area (TPSA) is 38.4 Å². The van der Waals surface area contributed by atoms with Gasteiger partial charge >= 0.3 is 0 Å². The largest absolute Gasteiger partial charge is 0.384 e. The van der Waals surface area contributed by atoms with E-state index in [0.717, 1.165) is 12.0 Å². The predicted octanol–water partition coefficient (Wildman–Crippen LogP) is 3.10. The Balaban J connectivity index is 3.23. The summed E-state index contributed by atoms with van der Waals surface area (Å²) in [5, 5.41) is 0. The van der Waals surface area contributed by atoms with Gasteiger partial charge in [-0.25, -0.2) is 0 Å². The number of benzene rings is 1. The summed E-state index contributed by atoms with van der Waals surface area (Å²) in [6.45, 7) is 6.73. The zero-order chi connectivity index (χ0) is 12.2. The average Bonchev–Trinajstić information content (AvgIpc) is 2.28. The van der Waals surface area contributed by atoms with Crippen molar-refractivity contribution in [2.75, 3.05) is 7.05 Å². The molecule has 0 saturated heterocycles. The monoisotopic (exact) mass is 218 g/mol. The van der Waals surface area contributed by atoms with Crippen molar-refractivity contribution < 1.29 is 0 Å². The first-order chi connectivity index (χ1) is 7.53. The first-order valence-electron chi connectivity index (χ1n) is 5.85. The van der Waals surface area contributed by atoms with Gasteiger partial charge in [-0.1, -0.05) is 51.5 Å². The molecule has 0 bridgehead atoms. The van der Waals surface area contributed by atoms with Gasteiger partial charge in [0, 0.05) is 12.6 Å². The Labute approximate surface area is 98.6 Å². The summed E-state index contributed by atoms with van der Waals surface area (Å²) >= 11 is 0. The van der Waals surface area contributed by atoms with E-state index < -0.39 is 0 Å². The van der Waals surface area contributed by atoms with Crippen molar-refractivity contribution in [3.05, 3.63) is 35.4 Å². The molecule has 0 aliphatic rings. The van der Waals surface area contributed by atoms with Crippen molar-refractivity contribution in [2.45, 2.75) is 39.0 Å². The van der Waals surface area contributed by atoms with Gasteiger partial charge in [-0.05, 0) is 17.4 Å². The van der Waals surface area contributed by atoms with Crippen LogP contribution in [0.2, 0.25) is 0 Å². The lowest BCUT2D eigenvalue weighted by Gasteiger charge is -2.27. The summed E-state index contributed by atoms with van der Waals surface area (Å²) in [7, 11) is 1.74. The average molecular weight is 218 g/mol. The molecule has 0 spiro atoms. The zero-order valence-corrected chi connectivity index (χ0v) is 10.7. The minimum absolute atomic E-state index is 0.153. The second kappa shape index (κ2) is 5.15. The lowest BCUT2D eigenvalue weighted by molar-refractivity contribution is 0.472. The lowest BCUT2D eigenvalue weighted by atomic mass is 9.78. The fourth-order valence-electron chi connectivity index (χ4n) is 2.18. The molecule has 16 heavy (non-hydrogen) atoms. The van der Waals surface area contributed by atoms with Crippen molar-refractivity contribution in [2.24, 2.45) is 10.7 Å². The maximum absolute atomic E-state index is 5.94. The van der Waals surface area contributed by atoms with Gasteiger partial charge in [0.15, 0.2) is 0 Å². The van der Waals surface area contributed by atoms with Crippen LogP contribution in [0.4, 0.5) is 0 Å². The number of nitrogens with two attached hydrogens (primary N) is 1. The first kappa shape index (κ1) is 12.8. The Morgan fingerprint density at radius 2 is 1.94 bits per heavy atom. The molecule has 0 unspecified atom stereocenters. The Bertz CT molecular complexity index is 378. The van der Waals surface area contributed by atoms with E-state index in [-0.39, 0.29) is 5.41 Å². The number of rotatable bonds is 4. The SMILES string of the molecule is CCCC(C)(C)c1ccccc1/C(N)=N\C. The molecule has 1 aromatic carbocycles. The maximum Gasteiger partial charge on any atom is 0.125 e. The summed E-state index contributed by atoms with van der Waals surface area (Å²) in [5.41, 5.74) is 8.46. The third-order valence-corrected chi connectivity index (χ3v) is 3.05. The lowest BCUT2D eigenvalue weighted by Crippen LogP contribution is -2.24. The normalized spacial score (nSPS) is 12.9. The standard InChI is InChI=1S/C14H22N2/c1-5-10-14(2,3)12-9-7-6-8-11(12)13(15)16-4/h6-9H,5,10H2,1-4H3,(H2,15,16). The molecule has 1 aromatic rings. The predicted molar refractivity (Wildman–Crippen MR) is 71.0 cm³/mol. The van der Waals surface area contributed by atoms with Crippen LogP contribution in [-0.4, -0.2) is 12.9 Å². The summed E-state index contributed by atoms with van der Waals surface area (Å²) < 4.78 is 0. The van der Waals surface area contributed by atoms with E-state index >= 15 is 0 Å². The van der Waals surface area contributed by atoms with Gasteiger partial charge in [0.2, 0.25) is 0 Å². The van der Waals surface area contributed by atoms with Crippen LogP contribution in [0.3, 0.4) is 0 Å². The molecule has 0 atom stereocenters. The third-order valence-electron chi connectivity index (χ3n) is 3.05. The molecule has 88 valence electrons. The highest BCUT2D eigenvalue weighted by atomic mass is 14.8. The molecule has 0 radical (unpaired) electrons. The summed E-state index contributed by atoms with van der Waals surface area (Å²) in [5.74, 6) is 0.625. The van der Waals surface area contributed by atoms with Crippen molar-refractivity contribution in [1.29, 1.82) is 0 Å².